The molecular formula is C29H23ClN2O5S2. The summed E-state index contributed by atoms with van der Waals surface area (Å²) in [5, 5.41) is 0.365. The van der Waals surface area contributed by atoms with Crippen LogP contribution in [0.25, 0.3) is 0 Å². The molecule has 198 valence electrons. The summed E-state index contributed by atoms with van der Waals surface area (Å²) in [4.78, 5) is 46.3. The summed E-state index contributed by atoms with van der Waals surface area (Å²) in [6, 6.07) is 18.8. The Morgan fingerprint density at radius 3 is 2.46 bits per heavy atom. The van der Waals surface area contributed by atoms with E-state index in [1.54, 1.807) is 54.6 Å². The van der Waals surface area contributed by atoms with Gasteiger partial charge < -0.3 is 0 Å². The second kappa shape index (κ2) is 10.5. The van der Waals surface area contributed by atoms with Gasteiger partial charge in [0.2, 0.25) is 15.6 Å². The Morgan fingerprint density at radius 2 is 1.77 bits per heavy atom. The number of hydrogen-bond acceptors (Lipinski definition) is 7. The first-order valence-electron chi connectivity index (χ1n) is 12.2. The first-order chi connectivity index (χ1) is 18.6. The largest absolute Gasteiger partial charge is 0.297 e. The van der Waals surface area contributed by atoms with E-state index in [4.69, 9.17) is 11.6 Å². The SMILES string of the molecule is CCc1cc(C)ccc1C(=O)C1C(=O)C(=O)N(c2ncc(S(=O)(=O)c3ccccc3)s2)C1c1cccc(Cl)c1. The van der Waals surface area contributed by atoms with Crippen molar-refractivity contribution in [2.75, 3.05) is 4.90 Å². The molecule has 1 saturated heterocycles. The normalized spacial score (nSPS) is 17.6. The predicted molar refractivity (Wildman–Crippen MR) is 149 cm³/mol. The van der Waals surface area contributed by atoms with Crippen molar-refractivity contribution in [1.29, 1.82) is 0 Å². The average molecular weight is 579 g/mol. The Kier molecular flexibility index (Phi) is 7.24. The molecule has 39 heavy (non-hydrogen) atoms. The van der Waals surface area contributed by atoms with E-state index in [1.807, 2.05) is 19.9 Å². The summed E-state index contributed by atoms with van der Waals surface area (Å²) in [6.45, 7) is 3.83. The van der Waals surface area contributed by atoms with Crippen molar-refractivity contribution in [2.24, 2.45) is 5.92 Å². The van der Waals surface area contributed by atoms with E-state index in [9.17, 15) is 22.8 Å². The van der Waals surface area contributed by atoms with Crippen molar-refractivity contribution in [2.45, 2.75) is 35.4 Å². The van der Waals surface area contributed by atoms with Crippen LogP contribution in [-0.4, -0.2) is 30.9 Å². The number of halogens is 1. The molecule has 1 amide bonds. The lowest BCUT2D eigenvalue weighted by molar-refractivity contribution is -0.135. The van der Waals surface area contributed by atoms with Crippen LogP contribution in [0.1, 0.15) is 40.0 Å². The average Bonchev–Trinajstić information content (AvgIpc) is 3.52. The Balaban J connectivity index is 1.63. The highest BCUT2D eigenvalue weighted by Gasteiger charge is 2.53. The molecule has 1 aromatic heterocycles. The minimum absolute atomic E-state index is 0.00255. The molecule has 2 heterocycles. The molecule has 0 bridgehead atoms. The zero-order chi connectivity index (χ0) is 27.9. The van der Waals surface area contributed by atoms with Crippen LogP contribution >= 0.6 is 22.9 Å². The second-order valence-electron chi connectivity index (χ2n) is 9.17. The molecule has 1 aliphatic rings. The van der Waals surface area contributed by atoms with Crippen LogP contribution in [0.15, 0.2) is 88.1 Å². The molecule has 0 N–H and O–H groups in total. The monoisotopic (exact) mass is 578 g/mol. The molecule has 0 saturated carbocycles. The first kappa shape index (κ1) is 26.9. The third-order valence-electron chi connectivity index (χ3n) is 6.68. The lowest BCUT2D eigenvalue weighted by Crippen LogP contribution is -2.30. The summed E-state index contributed by atoms with van der Waals surface area (Å²) >= 11 is 7.03. The standard InChI is InChI=1S/C29H23ClN2O5S2/c1-3-18-14-17(2)12-13-22(18)26(33)24-25(19-8-7-9-20(30)15-19)32(28(35)27(24)34)29-31-16-23(38-29)39(36,37)21-10-5-4-6-11-21/h4-16,24-25H,3H2,1-2H3. The van der Waals surface area contributed by atoms with Crippen molar-refractivity contribution >= 4 is 55.4 Å². The highest BCUT2D eigenvalue weighted by Crippen LogP contribution is 2.44. The van der Waals surface area contributed by atoms with Gasteiger partial charge in [-0.2, -0.15) is 0 Å². The van der Waals surface area contributed by atoms with Gasteiger partial charge in [-0.15, -0.1) is 0 Å². The number of anilines is 1. The highest BCUT2D eigenvalue weighted by molar-refractivity contribution is 7.93. The molecule has 10 heteroatoms. The van der Waals surface area contributed by atoms with Gasteiger partial charge in [-0.05, 0) is 48.7 Å². The van der Waals surface area contributed by atoms with Crippen molar-refractivity contribution in [3.63, 3.8) is 0 Å². The van der Waals surface area contributed by atoms with E-state index in [0.717, 1.165) is 27.4 Å². The summed E-state index contributed by atoms with van der Waals surface area (Å²) < 4.78 is 26.3. The lowest BCUT2D eigenvalue weighted by Gasteiger charge is -2.25. The number of thiazole rings is 1. The van der Waals surface area contributed by atoms with E-state index in [2.05, 4.69) is 4.98 Å². The number of amides is 1. The van der Waals surface area contributed by atoms with Crippen LogP contribution < -0.4 is 4.90 Å². The number of aryl methyl sites for hydroxylation is 2. The molecule has 4 aromatic rings. The van der Waals surface area contributed by atoms with Gasteiger partial charge in [0.25, 0.3) is 5.91 Å². The number of ketones is 2. The van der Waals surface area contributed by atoms with Crippen LogP contribution in [-0.2, 0) is 25.8 Å². The minimum atomic E-state index is -3.91. The Labute approximate surface area is 235 Å². The van der Waals surface area contributed by atoms with Crippen LogP contribution in [0.3, 0.4) is 0 Å². The smallest absolute Gasteiger partial charge is 0.293 e. The molecule has 7 nitrogen and oxygen atoms in total. The lowest BCUT2D eigenvalue weighted by atomic mass is 9.84. The Morgan fingerprint density at radius 1 is 1.03 bits per heavy atom. The number of carbonyl (C=O) groups is 3. The molecule has 2 atom stereocenters. The molecule has 0 spiro atoms. The fourth-order valence-corrected chi connectivity index (χ4v) is 7.57. The third kappa shape index (κ3) is 4.82. The van der Waals surface area contributed by atoms with Gasteiger partial charge in [0, 0.05) is 10.6 Å². The number of rotatable bonds is 7. The van der Waals surface area contributed by atoms with E-state index in [0.29, 0.717) is 22.6 Å². The number of carbonyl (C=O) groups excluding carboxylic acids is 3. The zero-order valence-electron chi connectivity index (χ0n) is 21.0. The highest BCUT2D eigenvalue weighted by atomic mass is 35.5. The van der Waals surface area contributed by atoms with Crippen molar-refractivity contribution in [3.8, 4) is 0 Å². The van der Waals surface area contributed by atoms with E-state index in [1.165, 1.54) is 18.3 Å². The predicted octanol–water partition coefficient (Wildman–Crippen LogP) is 5.66. The van der Waals surface area contributed by atoms with Gasteiger partial charge >= 0.3 is 0 Å². The number of benzene rings is 3. The van der Waals surface area contributed by atoms with E-state index < -0.39 is 39.3 Å². The summed E-state index contributed by atoms with van der Waals surface area (Å²) in [6.07, 6.45) is 1.73. The van der Waals surface area contributed by atoms with Crippen LogP contribution in [0.4, 0.5) is 5.13 Å². The number of nitrogens with zero attached hydrogens (tertiary/aromatic N) is 2. The van der Waals surface area contributed by atoms with Gasteiger partial charge in [-0.3, -0.25) is 19.3 Å². The van der Waals surface area contributed by atoms with Crippen LogP contribution in [0.5, 0.6) is 0 Å². The molecule has 5 rings (SSSR count). The maximum Gasteiger partial charge on any atom is 0.297 e. The van der Waals surface area contributed by atoms with Crippen LogP contribution in [0, 0.1) is 12.8 Å². The molecule has 0 aliphatic carbocycles. The quantitative estimate of drug-likeness (QED) is 0.159. The maximum absolute atomic E-state index is 13.9. The summed E-state index contributed by atoms with van der Waals surface area (Å²) in [5.41, 5.74) is 2.58. The molecule has 3 aromatic carbocycles. The fraction of sp³-hybridized carbons (Fsp3) is 0.172. The molecule has 1 fully saturated rings. The number of Topliss-reactive ketones (excluding diaryl/α,β-unsaturated/α-hetero) is 2. The first-order valence-corrected chi connectivity index (χ1v) is 14.8. The summed E-state index contributed by atoms with van der Waals surface area (Å²) in [5.74, 6) is -3.65. The van der Waals surface area contributed by atoms with Gasteiger partial charge in [-0.25, -0.2) is 13.4 Å². The molecule has 2 unspecified atom stereocenters. The van der Waals surface area contributed by atoms with E-state index in [-0.39, 0.29) is 14.2 Å². The van der Waals surface area contributed by atoms with Gasteiger partial charge in [0.1, 0.15) is 10.1 Å². The second-order valence-corrected chi connectivity index (χ2v) is 12.8. The van der Waals surface area contributed by atoms with Gasteiger partial charge in [-0.1, -0.05) is 84.0 Å². The topological polar surface area (TPSA) is 101 Å². The van der Waals surface area contributed by atoms with Crippen molar-refractivity contribution in [3.05, 3.63) is 106 Å². The number of hydrogen-bond donors (Lipinski definition) is 0. The Hall–Kier alpha value is -3.66. The maximum atomic E-state index is 13.9. The zero-order valence-corrected chi connectivity index (χ0v) is 23.4. The fourth-order valence-electron chi connectivity index (χ4n) is 4.80. The van der Waals surface area contributed by atoms with Crippen LogP contribution in [0.2, 0.25) is 5.02 Å². The van der Waals surface area contributed by atoms with Crippen molar-refractivity contribution < 1.29 is 22.8 Å². The molecular weight excluding hydrogens is 556 g/mol. The number of sulfone groups is 1. The van der Waals surface area contributed by atoms with Gasteiger partial charge in [0.05, 0.1) is 17.1 Å². The Bertz CT molecular complexity index is 1720. The molecule has 1 aliphatic heterocycles. The minimum Gasteiger partial charge on any atom is -0.293 e. The summed E-state index contributed by atoms with van der Waals surface area (Å²) in [7, 11) is -3.91. The van der Waals surface area contributed by atoms with Gasteiger partial charge in [0.15, 0.2) is 10.9 Å². The van der Waals surface area contributed by atoms with E-state index >= 15 is 0 Å². The van der Waals surface area contributed by atoms with Crippen molar-refractivity contribution in [1.82, 2.24) is 4.98 Å². The third-order valence-corrected chi connectivity index (χ3v) is 10.1. The number of aromatic nitrogens is 1. The molecule has 0 radical (unpaired) electrons.